The Morgan fingerprint density at radius 3 is 2.58 bits per heavy atom. The standard InChI is InChI=1S/C17H20ClN5O/c1-24-14-9-20-17(21-10-14)22-6-4-12-5-7-23(15(12)11-22)16-3-2-13(18)8-19-16/h2-3,8-10,12,15H,4-7,11H2,1H3. The van der Waals surface area contributed by atoms with E-state index < -0.39 is 0 Å². The lowest BCUT2D eigenvalue weighted by molar-refractivity contribution is 0.385. The number of hydrogen-bond acceptors (Lipinski definition) is 6. The van der Waals surface area contributed by atoms with Gasteiger partial charge in [0, 0.05) is 25.8 Å². The van der Waals surface area contributed by atoms with E-state index in [9.17, 15) is 0 Å². The summed E-state index contributed by atoms with van der Waals surface area (Å²) in [5.41, 5.74) is 0. The van der Waals surface area contributed by atoms with E-state index in [-0.39, 0.29) is 0 Å². The fraction of sp³-hybridized carbons (Fsp3) is 0.471. The molecule has 2 aromatic rings. The third-order valence-electron chi connectivity index (χ3n) is 5.00. The van der Waals surface area contributed by atoms with Crippen LogP contribution in [0, 0.1) is 5.92 Å². The highest BCUT2D eigenvalue weighted by molar-refractivity contribution is 6.30. The van der Waals surface area contributed by atoms with Crippen molar-refractivity contribution >= 4 is 23.4 Å². The monoisotopic (exact) mass is 345 g/mol. The van der Waals surface area contributed by atoms with Gasteiger partial charge in [0.25, 0.3) is 0 Å². The minimum absolute atomic E-state index is 0.443. The molecule has 0 amide bonds. The Labute approximate surface area is 146 Å². The molecule has 2 fully saturated rings. The number of piperidine rings is 1. The number of aromatic nitrogens is 3. The van der Waals surface area contributed by atoms with Crippen molar-refractivity contribution < 1.29 is 4.74 Å². The van der Waals surface area contributed by atoms with Crippen LogP contribution in [0.3, 0.4) is 0 Å². The van der Waals surface area contributed by atoms with E-state index in [0.717, 1.165) is 37.8 Å². The molecule has 0 aliphatic carbocycles. The van der Waals surface area contributed by atoms with E-state index in [4.69, 9.17) is 16.3 Å². The summed E-state index contributed by atoms with van der Waals surface area (Å²) in [5.74, 6) is 3.16. The molecule has 2 unspecified atom stereocenters. The Hall–Kier alpha value is -2.08. The summed E-state index contributed by atoms with van der Waals surface area (Å²) in [5, 5.41) is 0.673. The molecule has 2 aliphatic rings. The number of nitrogens with zero attached hydrogens (tertiary/aromatic N) is 5. The quantitative estimate of drug-likeness (QED) is 0.852. The number of rotatable bonds is 3. The molecule has 6 nitrogen and oxygen atoms in total. The van der Waals surface area contributed by atoms with Gasteiger partial charge in [-0.15, -0.1) is 0 Å². The molecule has 7 heteroatoms. The average molecular weight is 346 g/mol. The van der Waals surface area contributed by atoms with Crippen LogP contribution in [0.4, 0.5) is 11.8 Å². The van der Waals surface area contributed by atoms with Crippen molar-refractivity contribution in [3.63, 3.8) is 0 Å². The molecule has 0 spiro atoms. The number of ether oxygens (including phenoxy) is 1. The molecule has 0 N–H and O–H groups in total. The fourth-order valence-corrected chi connectivity index (χ4v) is 3.83. The summed E-state index contributed by atoms with van der Waals surface area (Å²) >= 11 is 5.97. The first kappa shape index (κ1) is 15.4. The van der Waals surface area contributed by atoms with Gasteiger partial charge in [-0.05, 0) is 30.9 Å². The Morgan fingerprint density at radius 2 is 1.88 bits per heavy atom. The molecule has 4 heterocycles. The summed E-state index contributed by atoms with van der Waals surface area (Å²) in [6, 6.07) is 4.36. The van der Waals surface area contributed by atoms with Crippen molar-refractivity contribution in [2.75, 3.05) is 36.5 Å². The lowest BCUT2D eigenvalue weighted by Gasteiger charge is -2.38. The first-order valence-corrected chi connectivity index (χ1v) is 8.61. The molecular formula is C17H20ClN5O. The van der Waals surface area contributed by atoms with Crippen LogP contribution >= 0.6 is 11.6 Å². The molecule has 2 saturated heterocycles. The van der Waals surface area contributed by atoms with Crippen LogP contribution in [0.15, 0.2) is 30.7 Å². The molecule has 4 rings (SSSR count). The van der Waals surface area contributed by atoms with Crippen molar-refractivity contribution in [3.05, 3.63) is 35.7 Å². The Kier molecular flexibility index (Phi) is 4.14. The van der Waals surface area contributed by atoms with Crippen molar-refractivity contribution in [1.82, 2.24) is 15.0 Å². The maximum Gasteiger partial charge on any atom is 0.225 e. The fourth-order valence-electron chi connectivity index (χ4n) is 3.72. The number of pyridine rings is 1. The number of fused-ring (bicyclic) bond motifs is 1. The predicted octanol–water partition coefficient (Wildman–Crippen LogP) is 2.64. The molecule has 0 bridgehead atoms. The molecule has 126 valence electrons. The minimum atomic E-state index is 0.443. The smallest absolute Gasteiger partial charge is 0.225 e. The van der Waals surface area contributed by atoms with Crippen molar-refractivity contribution in [2.45, 2.75) is 18.9 Å². The average Bonchev–Trinajstić information content (AvgIpc) is 3.05. The van der Waals surface area contributed by atoms with Gasteiger partial charge in [0.05, 0.1) is 30.6 Å². The molecule has 0 aromatic carbocycles. The number of anilines is 2. The molecule has 0 radical (unpaired) electrons. The molecule has 2 atom stereocenters. The first-order chi connectivity index (χ1) is 11.7. The van der Waals surface area contributed by atoms with Crippen LogP contribution in [-0.2, 0) is 0 Å². The summed E-state index contributed by atoms with van der Waals surface area (Å²) in [7, 11) is 1.62. The van der Waals surface area contributed by atoms with E-state index >= 15 is 0 Å². The molecule has 0 saturated carbocycles. The summed E-state index contributed by atoms with van der Waals surface area (Å²) in [6.45, 7) is 2.96. The van der Waals surface area contributed by atoms with E-state index in [2.05, 4.69) is 24.8 Å². The Balaban J connectivity index is 1.53. The largest absolute Gasteiger partial charge is 0.494 e. The predicted molar refractivity (Wildman–Crippen MR) is 93.9 cm³/mol. The van der Waals surface area contributed by atoms with Gasteiger partial charge in [0.15, 0.2) is 5.75 Å². The van der Waals surface area contributed by atoms with E-state index in [1.54, 1.807) is 25.7 Å². The second-order valence-electron chi connectivity index (χ2n) is 6.30. The lowest BCUT2D eigenvalue weighted by Crippen LogP contribution is -2.49. The van der Waals surface area contributed by atoms with Crippen molar-refractivity contribution in [1.29, 1.82) is 0 Å². The van der Waals surface area contributed by atoms with E-state index in [1.807, 2.05) is 12.1 Å². The zero-order valence-corrected chi connectivity index (χ0v) is 14.4. The molecule has 2 aromatic heterocycles. The number of methoxy groups -OCH3 is 1. The maximum atomic E-state index is 5.97. The Bertz CT molecular complexity index is 693. The van der Waals surface area contributed by atoms with E-state index in [1.165, 1.54) is 6.42 Å². The van der Waals surface area contributed by atoms with Crippen LogP contribution in [0.1, 0.15) is 12.8 Å². The van der Waals surface area contributed by atoms with Gasteiger partial charge in [-0.2, -0.15) is 0 Å². The highest BCUT2D eigenvalue weighted by atomic mass is 35.5. The molecule has 2 aliphatic heterocycles. The van der Waals surface area contributed by atoms with Crippen molar-refractivity contribution in [3.8, 4) is 5.75 Å². The highest BCUT2D eigenvalue weighted by Gasteiger charge is 2.39. The molecule has 24 heavy (non-hydrogen) atoms. The summed E-state index contributed by atoms with van der Waals surface area (Å²) in [6.07, 6.45) is 7.54. The minimum Gasteiger partial charge on any atom is -0.494 e. The summed E-state index contributed by atoms with van der Waals surface area (Å²) < 4.78 is 5.14. The van der Waals surface area contributed by atoms with Gasteiger partial charge < -0.3 is 14.5 Å². The van der Waals surface area contributed by atoms with Gasteiger partial charge in [0.2, 0.25) is 5.95 Å². The molecular weight excluding hydrogens is 326 g/mol. The highest BCUT2D eigenvalue weighted by Crippen LogP contribution is 2.35. The van der Waals surface area contributed by atoms with E-state index in [0.29, 0.717) is 22.7 Å². The number of halogens is 1. The van der Waals surface area contributed by atoms with Gasteiger partial charge in [-0.25, -0.2) is 15.0 Å². The lowest BCUT2D eigenvalue weighted by atomic mass is 9.92. The second kappa shape index (κ2) is 6.43. The normalized spacial score (nSPS) is 23.2. The van der Waals surface area contributed by atoms with Gasteiger partial charge in [-0.1, -0.05) is 11.6 Å². The third-order valence-corrected chi connectivity index (χ3v) is 5.23. The third kappa shape index (κ3) is 2.86. The van der Waals surface area contributed by atoms with Crippen LogP contribution in [0.2, 0.25) is 5.02 Å². The van der Waals surface area contributed by atoms with Gasteiger partial charge in [0.1, 0.15) is 5.82 Å². The first-order valence-electron chi connectivity index (χ1n) is 8.24. The Morgan fingerprint density at radius 1 is 1.08 bits per heavy atom. The maximum absolute atomic E-state index is 5.97. The second-order valence-corrected chi connectivity index (χ2v) is 6.74. The summed E-state index contributed by atoms with van der Waals surface area (Å²) in [4.78, 5) is 18.0. The SMILES string of the molecule is COc1cnc(N2CCC3CCN(c4ccc(Cl)cn4)C3C2)nc1. The zero-order valence-electron chi connectivity index (χ0n) is 13.6. The van der Waals surface area contributed by atoms with Crippen molar-refractivity contribution in [2.24, 2.45) is 5.92 Å². The van der Waals surface area contributed by atoms with Crippen LogP contribution in [0.5, 0.6) is 5.75 Å². The van der Waals surface area contributed by atoms with Gasteiger partial charge >= 0.3 is 0 Å². The van der Waals surface area contributed by atoms with Crippen LogP contribution in [0.25, 0.3) is 0 Å². The van der Waals surface area contributed by atoms with Crippen LogP contribution < -0.4 is 14.5 Å². The zero-order chi connectivity index (χ0) is 16.5. The number of hydrogen-bond donors (Lipinski definition) is 0. The van der Waals surface area contributed by atoms with Crippen LogP contribution in [-0.4, -0.2) is 47.7 Å². The topological polar surface area (TPSA) is 54.4 Å². The van der Waals surface area contributed by atoms with Gasteiger partial charge in [-0.3, -0.25) is 0 Å².